The Balaban J connectivity index is 1.22. The molecule has 170 valence electrons. The Morgan fingerprint density at radius 2 is 1.69 bits per heavy atom. The van der Waals surface area contributed by atoms with E-state index < -0.39 is 6.10 Å². The van der Waals surface area contributed by atoms with E-state index in [9.17, 15) is 9.90 Å². The second-order valence-electron chi connectivity index (χ2n) is 9.76. The molecule has 2 N–H and O–H groups in total. The maximum Gasteiger partial charge on any atom is 0.220 e. The number of aliphatic hydroxyl groups is 1. The highest BCUT2D eigenvalue weighted by molar-refractivity contribution is 5.77. The van der Waals surface area contributed by atoms with Crippen molar-refractivity contribution in [2.24, 2.45) is 5.92 Å². The highest BCUT2D eigenvalue weighted by Gasteiger charge is 2.29. The molecule has 1 aliphatic heterocycles. The first kappa shape index (κ1) is 21.5. The zero-order chi connectivity index (χ0) is 21.9. The summed E-state index contributed by atoms with van der Waals surface area (Å²) in [5.41, 5.74) is 3.56. The molecule has 0 spiro atoms. The van der Waals surface area contributed by atoms with Crippen molar-refractivity contribution in [2.75, 3.05) is 19.6 Å². The summed E-state index contributed by atoms with van der Waals surface area (Å²) in [5.74, 6) is 1.24. The number of nitrogens with one attached hydrogen (secondary N) is 1. The zero-order valence-electron chi connectivity index (χ0n) is 18.7. The average molecular weight is 435 g/mol. The van der Waals surface area contributed by atoms with Crippen LogP contribution in [0.3, 0.4) is 0 Å². The lowest BCUT2D eigenvalue weighted by Crippen LogP contribution is -2.47. The van der Waals surface area contributed by atoms with Crippen LogP contribution in [0.1, 0.15) is 54.9 Å². The van der Waals surface area contributed by atoms with E-state index in [0.29, 0.717) is 25.0 Å². The third-order valence-electron chi connectivity index (χ3n) is 7.04. The van der Waals surface area contributed by atoms with Crippen LogP contribution < -0.4 is 10.1 Å². The molecule has 1 heterocycles. The smallest absolute Gasteiger partial charge is 0.220 e. The van der Waals surface area contributed by atoms with E-state index in [2.05, 4.69) is 34.5 Å². The Hall–Kier alpha value is -2.37. The van der Waals surface area contributed by atoms with E-state index >= 15 is 0 Å². The molecule has 1 saturated carbocycles. The Bertz CT molecular complexity index is 894. The predicted octanol–water partition coefficient (Wildman–Crippen LogP) is 3.65. The summed E-state index contributed by atoms with van der Waals surface area (Å²) in [6.07, 6.45) is 6.67. The van der Waals surface area contributed by atoms with Crippen LogP contribution in [0.15, 0.2) is 48.5 Å². The maximum atomic E-state index is 13.0. The fourth-order valence-electron chi connectivity index (χ4n) is 5.14. The number of fused-ring (bicyclic) bond motifs is 1. The third-order valence-corrected chi connectivity index (χ3v) is 7.04. The third kappa shape index (κ3) is 5.33. The molecule has 2 aromatic carbocycles. The number of aliphatic hydroxyl groups excluding tert-OH is 1. The van der Waals surface area contributed by atoms with Gasteiger partial charge in [-0.25, -0.2) is 0 Å². The molecular formula is C27H34N2O3. The molecule has 2 aliphatic carbocycles. The minimum atomic E-state index is -0.740. The number of hydrogen-bond acceptors (Lipinski definition) is 4. The first-order chi connectivity index (χ1) is 15.6. The zero-order valence-corrected chi connectivity index (χ0v) is 18.7. The predicted molar refractivity (Wildman–Crippen MR) is 125 cm³/mol. The van der Waals surface area contributed by atoms with Crippen LogP contribution in [0, 0.1) is 5.92 Å². The van der Waals surface area contributed by atoms with Gasteiger partial charge >= 0.3 is 0 Å². The minimum absolute atomic E-state index is 0.0414. The molecule has 0 unspecified atom stereocenters. The molecule has 0 aromatic heterocycles. The number of benzene rings is 2. The largest absolute Gasteiger partial charge is 0.490 e. The maximum absolute atomic E-state index is 13.0. The van der Waals surface area contributed by atoms with Gasteiger partial charge < -0.3 is 20.1 Å². The van der Waals surface area contributed by atoms with Crippen LogP contribution in [0.5, 0.6) is 5.75 Å². The van der Waals surface area contributed by atoms with Crippen LogP contribution in [0.4, 0.5) is 0 Å². The number of amides is 1. The molecule has 5 nitrogen and oxygen atoms in total. The Labute approximate surface area is 190 Å². The standard InChI is InChI=1S/C27H34N2O3/c30-26(17-19-15-21-5-1-2-6-22(21)16-19)28-25(18-29-13-3-4-14-29)27(31)20-7-9-23(10-8-20)32-24-11-12-24/h1-2,5-10,19,24-25,27,31H,3-4,11-18H2,(H,28,30)/t25-,27-/m1/s1. The summed E-state index contributed by atoms with van der Waals surface area (Å²) in [5, 5.41) is 14.4. The highest BCUT2D eigenvalue weighted by Crippen LogP contribution is 2.30. The van der Waals surface area contributed by atoms with Crippen molar-refractivity contribution < 1.29 is 14.6 Å². The van der Waals surface area contributed by atoms with Crippen molar-refractivity contribution in [3.8, 4) is 5.75 Å². The molecule has 0 radical (unpaired) electrons. The summed E-state index contributed by atoms with van der Waals surface area (Å²) in [6, 6.07) is 15.9. The van der Waals surface area contributed by atoms with Crippen LogP contribution >= 0.6 is 0 Å². The molecule has 1 saturated heterocycles. The molecule has 1 amide bonds. The van der Waals surface area contributed by atoms with Gasteiger partial charge in [0.05, 0.1) is 12.1 Å². The fraction of sp³-hybridized carbons (Fsp3) is 0.519. The number of likely N-dealkylation sites (tertiary alicyclic amines) is 1. The monoisotopic (exact) mass is 434 g/mol. The molecule has 5 heteroatoms. The molecule has 32 heavy (non-hydrogen) atoms. The molecule has 2 fully saturated rings. The molecule has 2 atom stereocenters. The number of carbonyl (C=O) groups excluding carboxylic acids is 1. The van der Waals surface area contributed by atoms with Gasteiger partial charge in [0.1, 0.15) is 11.9 Å². The van der Waals surface area contributed by atoms with E-state index in [1.807, 2.05) is 24.3 Å². The van der Waals surface area contributed by atoms with Crippen molar-refractivity contribution in [1.82, 2.24) is 10.2 Å². The van der Waals surface area contributed by atoms with Gasteiger partial charge in [-0.1, -0.05) is 36.4 Å². The van der Waals surface area contributed by atoms with Crippen molar-refractivity contribution >= 4 is 5.91 Å². The van der Waals surface area contributed by atoms with Crippen molar-refractivity contribution in [1.29, 1.82) is 0 Å². The van der Waals surface area contributed by atoms with Crippen molar-refractivity contribution in [3.63, 3.8) is 0 Å². The van der Waals surface area contributed by atoms with Crippen molar-refractivity contribution in [3.05, 3.63) is 65.2 Å². The Kier molecular flexibility index (Phi) is 6.47. The van der Waals surface area contributed by atoms with Crippen LogP contribution in [0.2, 0.25) is 0 Å². The number of hydrogen-bond donors (Lipinski definition) is 2. The lowest BCUT2D eigenvalue weighted by molar-refractivity contribution is -0.123. The van der Waals surface area contributed by atoms with Gasteiger partial charge in [-0.3, -0.25) is 4.79 Å². The van der Waals surface area contributed by atoms with E-state index in [0.717, 1.165) is 50.1 Å². The SMILES string of the molecule is O=C(CC1Cc2ccccc2C1)N[C@H](CN1CCCC1)[C@H](O)c1ccc(OC2CC2)cc1. The quantitative estimate of drug-likeness (QED) is 0.633. The molecule has 2 aromatic rings. The first-order valence-corrected chi connectivity index (χ1v) is 12.2. The van der Waals surface area contributed by atoms with E-state index in [1.165, 1.54) is 24.0 Å². The normalized spacial score (nSPS) is 20.7. The molecular weight excluding hydrogens is 400 g/mol. The Morgan fingerprint density at radius 3 is 2.31 bits per heavy atom. The number of carbonyl (C=O) groups is 1. The second kappa shape index (κ2) is 9.63. The van der Waals surface area contributed by atoms with Gasteiger partial charge in [0.2, 0.25) is 5.91 Å². The van der Waals surface area contributed by atoms with Gasteiger partial charge in [-0.15, -0.1) is 0 Å². The summed E-state index contributed by atoms with van der Waals surface area (Å²) >= 11 is 0. The van der Waals surface area contributed by atoms with Crippen LogP contribution in [-0.2, 0) is 17.6 Å². The minimum Gasteiger partial charge on any atom is -0.490 e. The lowest BCUT2D eigenvalue weighted by Gasteiger charge is -2.29. The van der Waals surface area contributed by atoms with Crippen LogP contribution in [0.25, 0.3) is 0 Å². The lowest BCUT2D eigenvalue weighted by atomic mass is 9.99. The molecule has 3 aliphatic rings. The summed E-state index contributed by atoms with van der Waals surface area (Å²) < 4.78 is 5.83. The van der Waals surface area contributed by atoms with Crippen LogP contribution in [-0.4, -0.2) is 47.7 Å². The molecule has 5 rings (SSSR count). The summed E-state index contributed by atoms with van der Waals surface area (Å²) in [6.45, 7) is 2.74. The van der Waals surface area contributed by atoms with Gasteiger partial charge in [0.15, 0.2) is 0 Å². The number of rotatable bonds is 9. The average Bonchev–Trinajstić information content (AvgIpc) is 3.29. The van der Waals surface area contributed by atoms with E-state index in [4.69, 9.17) is 4.74 Å². The van der Waals surface area contributed by atoms with Gasteiger partial charge in [-0.05, 0) is 86.4 Å². The number of ether oxygens (including phenoxy) is 1. The van der Waals surface area contributed by atoms with E-state index in [1.54, 1.807) is 0 Å². The highest BCUT2D eigenvalue weighted by atomic mass is 16.5. The van der Waals surface area contributed by atoms with Gasteiger partial charge in [-0.2, -0.15) is 0 Å². The van der Waals surface area contributed by atoms with E-state index in [-0.39, 0.29) is 11.9 Å². The second-order valence-corrected chi connectivity index (χ2v) is 9.76. The summed E-state index contributed by atoms with van der Waals surface area (Å²) in [4.78, 5) is 15.3. The van der Waals surface area contributed by atoms with Gasteiger partial charge in [0, 0.05) is 13.0 Å². The van der Waals surface area contributed by atoms with Gasteiger partial charge in [0.25, 0.3) is 0 Å². The first-order valence-electron chi connectivity index (χ1n) is 12.2. The molecule has 0 bridgehead atoms. The number of nitrogens with zero attached hydrogens (tertiary/aromatic N) is 1. The topological polar surface area (TPSA) is 61.8 Å². The van der Waals surface area contributed by atoms with Crippen molar-refractivity contribution in [2.45, 2.75) is 63.2 Å². The summed E-state index contributed by atoms with van der Waals surface area (Å²) in [7, 11) is 0. The fourth-order valence-corrected chi connectivity index (χ4v) is 5.14. The Morgan fingerprint density at radius 1 is 1.03 bits per heavy atom.